The Labute approximate surface area is 174 Å². The molecule has 1 aromatic heterocycles. The molecule has 3 rings (SSSR count). The zero-order valence-electron chi connectivity index (χ0n) is 17.4. The Kier molecular flexibility index (Phi) is 7.18. The molecule has 1 aromatic carbocycles. The van der Waals surface area contributed by atoms with E-state index in [2.05, 4.69) is 5.10 Å². The van der Waals surface area contributed by atoms with E-state index in [-0.39, 0.29) is 18.1 Å². The Morgan fingerprint density at radius 2 is 1.90 bits per heavy atom. The van der Waals surface area contributed by atoms with Crippen LogP contribution in [0, 0.1) is 5.92 Å². The zero-order chi connectivity index (χ0) is 21.7. The molecule has 1 unspecified atom stereocenters. The Morgan fingerprint density at radius 1 is 1.17 bits per heavy atom. The number of amides is 1. The van der Waals surface area contributed by atoms with E-state index in [1.54, 1.807) is 38.4 Å². The first-order valence-electron chi connectivity index (χ1n) is 10.3. The Bertz CT molecular complexity index is 836. The molecule has 0 radical (unpaired) electrons. The molecule has 0 N–H and O–H groups in total. The third-order valence-electron chi connectivity index (χ3n) is 5.47. The Balaban J connectivity index is 1.78. The number of aryl methyl sites for hydroxylation is 1. The second-order valence-corrected chi connectivity index (χ2v) is 7.96. The highest BCUT2D eigenvalue weighted by molar-refractivity contribution is 5.94. The highest BCUT2D eigenvalue weighted by Gasteiger charge is 2.36. The summed E-state index contributed by atoms with van der Waals surface area (Å²) in [4.78, 5) is 13.5. The normalized spacial score (nSPS) is 18.0. The lowest BCUT2D eigenvalue weighted by molar-refractivity contribution is -0.144. The number of hydrogen-bond acceptors (Lipinski definition) is 3. The zero-order valence-corrected chi connectivity index (χ0v) is 17.4. The van der Waals surface area contributed by atoms with Crippen molar-refractivity contribution in [2.75, 3.05) is 27.3 Å². The topological polar surface area (TPSA) is 47.4 Å². The van der Waals surface area contributed by atoms with Crippen LogP contribution in [0.5, 0.6) is 0 Å². The van der Waals surface area contributed by atoms with Gasteiger partial charge in [0.15, 0.2) is 0 Å². The van der Waals surface area contributed by atoms with E-state index in [9.17, 15) is 18.0 Å². The lowest BCUT2D eigenvalue weighted by atomic mass is 9.94. The summed E-state index contributed by atoms with van der Waals surface area (Å²) in [5.74, 6) is 0.182. The van der Waals surface area contributed by atoms with Gasteiger partial charge in [0.1, 0.15) is 5.69 Å². The van der Waals surface area contributed by atoms with Gasteiger partial charge in [-0.25, -0.2) is 0 Å². The molecule has 5 nitrogen and oxygen atoms in total. The third kappa shape index (κ3) is 5.62. The third-order valence-corrected chi connectivity index (χ3v) is 5.47. The van der Waals surface area contributed by atoms with Crippen LogP contribution < -0.4 is 0 Å². The van der Waals surface area contributed by atoms with Crippen LogP contribution in [-0.4, -0.2) is 47.9 Å². The summed E-state index contributed by atoms with van der Waals surface area (Å²) >= 11 is 0. The molecule has 1 aliphatic rings. The fourth-order valence-corrected chi connectivity index (χ4v) is 3.73. The predicted octanol–water partition coefficient (Wildman–Crippen LogP) is 4.87. The summed E-state index contributed by atoms with van der Waals surface area (Å²) < 4.78 is 47.4. The van der Waals surface area contributed by atoms with Crippen LogP contribution in [0.15, 0.2) is 30.3 Å². The van der Waals surface area contributed by atoms with Crippen LogP contribution in [0.2, 0.25) is 0 Å². The molecule has 0 aliphatic carbocycles. The van der Waals surface area contributed by atoms with E-state index in [4.69, 9.17) is 4.74 Å². The van der Waals surface area contributed by atoms with Gasteiger partial charge in [0.2, 0.25) is 0 Å². The maximum absolute atomic E-state index is 13.6. The fraction of sp³-hybridized carbons (Fsp3) is 0.545. The first kappa shape index (κ1) is 22.3. The minimum atomic E-state index is -4.48. The quantitative estimate of drug-likeness (QED) is 0.690. The summed E-state index contributed by atoms with van der Waals surface area (Å²) in [7, 11) is 3.30. The number of benzene rings is 1. The van der Waals surface area contributed by atoms with E-state index >= 15 is 0 Å². The largest absolute Gasteiger partial charge is 0.433 e. The highest BCUT2D eigenvalue weighted by Crippen LogP contribution is 2.33. The lowest BCUT2D eigenvalue weighted by Crippen LogP contribution is -2.21. The standard InChI is InChI=1S/C22H28F3N3O2/c1-27(2)21(29)18-8-6-17(7-9-18)19-15-20(22(23,24)25)28(26-19)12-10-16-5-3-4-13-30-14-11-16/h6-9,15-16H,3-5,10-14H2,1-2H3. The monoisotopic (exact) mass is 423 g/mol. The SMILES string of the molecule is CN(C)C(=O)c1ccc(-c2cc(C(F)(F)F)n(CCC3CCCCOCC3)n2)cc1. The van der Waals surface area contributed by atoms with Crippen molar-refractivity contribution < 1.29 is 22.7 Å². The first-order valence-corrected chi connectivity index (χ1v) is 10.3. The van der Waals surface area contributed by atoms with Gasteiger partial charge in [-0.15, -0.1) is 0 Å². The number of hydrogen-bond donors (Lipinski definition) is 0. The molecule has 1 amide bonds. The summed E-state index contributed by atoms with van der Waals surface area (Å²) in [5.41, 5.74) is 0.542. The number of halogens is 3. The van der Waals surface area contributed by atoms with E-state index < -0.39 is 11.9 Å². The van der Waals surface area contributed by atoms with E-state index in [1.807, 2.05) is 0 Å². The molecule has 2 heterocycles. The molecular weight excluding hydrogens is 395 g/mol. The molecular formula is C22H28F3N3O2. The van der Waals surface area contributed by atoms with E-state index in [0.29, 0.717) is 30.1 Å². The van der Waals surface area contributed by atoms with Gasteiger partial charge in [-0.2, -0.15) is 18.3 Å². The molecule has 1 fully saturated rings. The highest BCUT2D eigenvalue weighted by atomic mass is 19.4. The minimum absolute atomic E-state index is 0.161. The number of rotatable bonds is 5. The Hall–Kier alpha value is -2.35. The molecule has 8 heteroatoms. The van der Waals surface area contributed by atoms with Crippen LogP contribution in [0.1, 0.15) is 48.2 Å². The van der Waals surface area contributed by atoms with Gasteiger partial charge in [-0.3, -0.25) is 9.48 Å². The summed E-state index contributed by atoms with van der Waals surface area (Å²) in [6.45, 7) is 1.66. The van der Waals surface area contributed by atoms with Crippen molar-refractivity contribution in [2.24, 2.45) is 5.92 Å². The molecule has 1 aliphatic heterocycles. The number of ether oxygens (including phenoxy) is 1. The predicted molar refractivity (Wildman–Crippen MR) is 108 cm³/mol. The van der Waals surface area contributed by atoms with Gasteiger partial charge in [-0.1, -0.05) is 25.0 Å². The van der Waals surface area contributed by atoms with Crippen molar-refractivity contribution in [1.29, 1.82) is 0 Å². The van der Waals surface area contributed by atoms with E-state index in [1.165, 1.54) is 4.90 Å². The number of alkyl halides is 3. The van der Waals surface area contributed by atoms with Gasteiger partial charge < -0.3 is 9.64 Å². The van der Waals surface area contributed by atoms with Crippen LogP contribution in [0.4, 0.5) is 13.2 Å². The van der Waals surface area contributed by atoms with Crippen LogP contribution in [0.3, 0.4) is 0 Å². The van der Waals surface area contributed by atoms with Crippen molar-refractivity contribution in [1.82, 2.24) is 14.7 Å². The van der Waals surface area contributed by atoms with Crippen molar-refractivity contribution >= 4 is 5.91 Å². The maximum Gasteiger partial charge on any atom is 0.433 e. The molecule has 164 valence electrons. The molecule has 0 spiro atoms. The van der Waals surface area contributed by atoms with Crippen LogP contribution in [-0.2, 0) is 17.5 Å². The molecule has 1 saturated heterocycles. The second-order valence-electron chi connectivity index (χ2n) is 7.96. The van der Waals surface area contributed by atoms with Crippen molar-refractivity contribution in [2.45, 2.75) is 44.8 Å². The molecule has 1 atom stereocenters. The molecule has 30 heavy (non-hydrogen) atoms. The van der Waals surface area contributed by atoms with Gasteiger partial charge in [0, 0.05) is 45.0 Å². The maximum atomic E-state index is 13.6. The number of aromatic nitrogens is 2. The summed E-state index contributed by atoms with van der Waals surface area (Å²) in [6.07, 6.45) is 0.0959. The summed E-state index contributed by atoms with van der Waals surface area (Å²) in [5, 5.41) is 4.25. The number of nitrogens with zero attached hydrogens (tertiary/aromatic N) is 3. The first-order chi connectivity index (χ1) is 14.3. The second kappa shape index (κ2) is 9.64. The van der Waals surface area contributed by atoms with Crippen LogP contribution in [0.25, 0.3) is 11.3 Å². The van der Waals surface area contributed by atoms with Crippen molar-refractivity contribution in [3.05, 3.63) is 41.6 Å². The van der Waals surface area contributed by atoms with Crippen LogP contribution >= 0.6 is 0 Å². The average molecular weight is 423 g/mol. The van der Waals surface area contributed by atoms with Crippen molar-refractivity contribution in [3.8, 4) is 11.3 Å². The molecule has 2 aromatic rings. The Morgan fingerprint density at radius 3 is 2.57 bits per heavy atom. The van der Waals surface area contributed by atoms with Gasteiger partial charge in [0.25, 0.3) is 5.91 Å². The summed E-state index contributed by atoms with van der Waals surface area (Å²) in [6, 6.07) is 7.58. The molecule has 0 saturated carbocycles. The van der Waals surface area contributed by atoms with Crippen molar-refractivity contribution in [3.63, 3.8) is 0 Å². The number of carbonyl (C=O) groups excluding carboxylic acids is 1. The van der Waals surface area contributed by atoms with Gasteiger partial charge in [-0.05, 0) is 43.4 Å². The average Bonchev–Trinajstić information content (AvgIpc) is 3.11. The number of carbonyl (C=O) groups is 1. The van der Waals surface area contributed by atoms with Gasteiger partial charge >= 0.3 is 6.18 Å². The minimum Gasteiger partial charge on any atom is -0.381 e. The smallest absolute Gasteiger partial charge is 0.381 e. The van der Waals surface area contributed by atoms with E-state index in [0.717, 1.165) is 43.0 Å². The fourth-order valence-electron chi connectivity index (χ4n) is 3.73. The lowest BCUT2D eigenvalue weighted by Gasteiger charge is -2.20. The molecule has 0 bridgehead atoms. The van der Waals surface area contributed by atoms with Gasteiger partial charge in [0.05, 0.1) is 5.69 Å².